The Hall–Kier alpha value is -1.40. The van der Waals surface area contributed by atoms with E-state index in [1.165, 1.54) is 16.7 Å². The van der Waals surface area contributed by atoms with E-state index in [9.17, 15) is 9.59 Å². The molecule has 1 aliphatic heterocycles. The number of carbonyl (C=O) groups is 2. The van der Waals surface area contributed by atoms with E-state index in [0.29, 0.717) is 10.1 Å². The summed E-state index contributed by atoms with van der Waals surface area (Å²) in [6.45, 7) is 3.92. The highest BCUT2D eigenvalue weighted by Gasteiger charge is 2.28. The normalized spacial score (nSPS) is 14.9. The fourth-order valence-corrected chi connectivity index (χ4v) is 2.82. The smallest absolute Gasteiger partial charge is 0.244 e. The van der Waals surface area contributed by atoms with Gasteiger partial charge in [0.25, 0.3) is 0 Å². The molecule has 1 saturated heterocycles. The summed E-state index contributed by atoms with van der Waals surface area (Å²) in [5, 5.41) is 2.82. The van der Waals surface area contributed by atoms with Crippen molar-refractivity contribution >= 4 is 45.8 Å². The zero-order valence-electron chi connectivity index (χ0n) is 10.7. The minimum atomic E-state index is -0.230. The van der Waals surface area contributed by atoms with Crippen molar-refractivity contribution in [1.29, 1.82) is 0 Å². The summed E-state index contributed by atoms with van der Waals surface area (Å²) in [5.41, 5.74) is 2.91. The third-order valence-electron chi connectivity index (χ3n) is 3.02. The Labute approximate surface area is 121 Å². The van der Waals surface area contributed by atoms with Crippen molar-refractivity contribution in [3.05, 3.63) is 29.3 Å². The van der Waals surface area contributed by atoms with E-state index in [4.69, 9.17) is 12.2 Å². The molecular weight excluding hydrogens is 280 g/mol. The highest BCUT2D eigenvalue weighted by atomic mass is 32.2. The van der Waals surface area contributed by atoms with Gasteiger partial charge in [-0.15, -0.1) is 0 Å². The molecule has 0 spiro atoms. The summed E-state index contributed by atoms with van der Waals surface area (Å²) in [5.74, 6) is -0.00622. The Kier molecular flexibility index (Phi) is 4.21. The predicted octanol–water partition coefficient (Wildman–Crippen LogP) is 2.10. The minimum absolute atomic E-state index is 0.0158. The van der Waals surface area contributed by atoms with Crippen LogP contribution in [-0.2, 0) is 9.59 Å². The number of anilines is 1. The number of aryl methyl sites for hydroxylation is 1. The molecule has 0 bridgehead atoms. The molecule has 0 saturated carbocycles. The van der Waals surface area contributed by atoms with E-state index in [0.717, 1.165) is 16.8 Å². The van der Waals surface area contributed by atoms with Crippen LogP contribution in [0.1, 0.15) is 11.1 Å². The summed E-state index contributed by atoms with van der Waals surface area (Å²) in [4.78, 5) is 24.8. The fraction of sp³-hybridized carbons (Fsp3) is 0.308. The second-order valence-electron chi connectivity index (χ2n) is 4.33. The van der Waals surface area contributed by atoms with Gasteiger partial charge in [-0.3, -0.25) is 14.5 Å². The molecule has 0 unspecified atom stereocenters. The van der Waals surface area contributed by atoms with Gasteiger partial charge >= 0.3 is 0 Å². The number of thiocarbonyl (C=S) groups is 1. The molecule has 0 aromatic heterocycles. The number of hydrogen-bond donors (Lipinski definition) is 1. The van der Waals surface area contributed by atoms with Crippen molar-refractivity contribution in [1.82, 2.24) is 4.90 Å². The number of carbonyl (C=O) groups excluding carboxylic acids is 2. The number of nitrogens with one attached hydrogen (secondary N) is 1. The van der Waals surface area contributed by atoms with E-state index in [1.54, 1.807) is 0 Å². The Bertz CT molecular complexity index is 542. The number of rotatable bonds is 3. The first-order valence-electron chi connectivity index (χ1n) is 5.82. The summed E-state index contributed by atoms with van der Waals surface area (Å²) in [6, 6.07) is 5.72. The molecule has 6 heteroatoms. The second kappa shape index (κ2) is 5.71. The van der Waals surface area contributed by atoms with Crippen LogP contribution in [0.2, 0.25) is 0 Å². The molecule has 2 amide bonds. The fourth-order valence-electron chi connectivity index (χ4n) is 1.75. The van der Waals surface area contributed by atoms with Crippen LogP contribution < -0.4 is 5.32 Å². The van der Waals surface area contributed by atoms with Crippen molar-refractivity contribution in [2.45, 2.75) is 13.8 Å². The Balaban J connectivity index is 2.04. The molecule has 1 heterocycles. The molecule has 0 radical (unpaired) electrons. The molecule has 1 fully saturated rings. The first kappa shape index (κ1) is 14.0. The summed E-state index contributed by atoms with van der Waals surface area (Å²) in [6.07, 6.45) is 0. The SMILES string of the molecule is Cc1cccc(NC(=O)CN2C(=O)CSC2=S)c1C. The lowest BCUT2D eigenvalue weighted by atomic mass is 10.1. The molecular formula is C13H14N2O2S2. The topological polar surface area (TPSA) is 49.4 Å². The van der Waals surface area contributed by atoms with E-state index in [1.807, 2.05) is 32.0 Å². The quantitative estimate of drug-likeness (QED) is 0.867. The summed E-state index contributed by atoms with van der Waals surface area (Å²) < 4.78 is 0.473. The first-order valence-corrected chi connectivity index (χ1v) is 7.21. The van der Waals surface area contributed by atoms with Crippen LogP contribution in [0.3, 0.4) is 0 Å². The van der Waals surface area contributed by atoms with Crippen molar-refractivity contribution in [3.8, 4) is 0 Å². The second-order valence-corrected chi connectivity index (χ2v) is 5.94. The maximum Gasteiger partial charge on any atom is 0.244 e. The van der Waals surface area contributed by atoms with Crippen LogP contribution in [0.5, 0.6) is 0 Å². The van der Waals surface area contributed by atoms with Gasteiger partial charge in [0, 0.05) is 5.69 Å². The number of nitrogens with zero attached hydrogens (tertiary/aromatic N) is 1. The van der Waals surface area contributed by atoms with E-state index >= 15 is 0 Å². The largest absolute Gasteiger partial charge is 0.324 e. The Morgan fingerprint density at radius 1 is 1.47 bits per heavy atom. The molecule has 1 aromatic rings. The molecule has 100 valence electrons. The van der Waals surface area contributed by atoms with E-state index < -0.39 is 0 Å². The van der Waals surface area contributed by atoms with Gasteiger partial charge in [0.05, 0.1) is 5.75 Å². The number of hydrogen-bond acceptors (Lipinski definition) is 4. The average molecular weight is 294 g/mol. The van der Waals surface area contributed by atoms with Gasteiger partial charge in [-0.1, -0.05) is 36.1 Å². The lowest BCUT2D eigenvalue weighted by molar-refractivity contribution is -0.127. The third-order valence-corrected chi connectivity index (χ3v) is 4.45. The molecule has 1 aliphatic rings. The highest BCUT2D eigenvalue weighted by molar-refractivity contribution is 8.23. The molecule has 2 rings (SSSR count). The van der Waals surface area contributed by atoms with Gasteiger partial charge in [0.1, 0.15) is 10.9 Å². The lowest BCUT2D eigenvalue weighted by Gasteiger charge is -2.15. The monoisotopic (exact) mass is 294 g/mol. The van der Waals surface area contributed by atoms with Crippen molar-refractivity contribution in [3.63, 3.8) is 0 Å². The average Bonchev–Trinajstić information content (AvgIpc) is 2.67. The minimum Gasteiger partial charge on any atom is -0.324 e. The van der Waals surface area contributed by atoms with Crippen LogP contribution in [0.25, 0.3) is 0 Å². The highest BCUT2D eigenvalue weighted by Crippen LogP contribution is 2.20. The van der Waals surface area contributed by atoms with Gasteiger partial charge in [-0.2, -0.15) is 0 Å². The van der Waals surface area contributed by atoms with E-state index in [2.05, 4.69) is 5.32 Å². The van der Waals surface area contributed by atoms with Gasteiger partial charge in [-0.05, 0) is 31.0 Å². The number of thioether (sulfide) groups is 1. The lowest BCUT2D eigenvalue weighted by Crippen LogP contribution is -2.36. The number of benzene rings is 1. The Morgan fingerprint density at radius 2 is 2.21 bits per heavy atom. The van der Waals surface area contributed by atoms with E-state index in [-0.39, 0.29) is 18.4 Å². The molecule has 1 N–H and O–H groups in total. The Morgan fingerprint density at radius 3 is 2.84 bits per heavy atom. The van der Waals surface area contributed by atoms with Crippen LogP contribution in [0.15, 0.2) is 18.2 Å². The standard InChI is InChI=1S/C13H14N2O2S2/c1-8-4-3-5-10(9(8)2)14-11(16)6-15-12(17)7-19-13(15)18/h3-5H,6-7H2,1-2H3,(H,14,16). The van der Waals surface area contributed by atoms with Gasteiger partial charge in [0.15, 0.2) is 0 Å². The predicted molar refractivity (Wildman–Crippen MR) is 81.3 cm³/mol. The molecule has 0 atom stereocenters. The maximum atomic E-state index is 11.9. The number of amides is 2. The maximum absolute atomic E-state index is 11.9. The molecule has 4 nitrogen and oxygen atoms in total. The van der Waals surface area contributed by atoms with Crippen molar-refractivity contribution in [2.24, 2.45) is 0 Å². The van der Waals surface area contributed by atoms with Crippen LogP contribution in [0, 0.1) is 13.8 Å². The zero-order valence-corrected chi connectivity index (χ0v) is 12.4. The first-order chi connectivity index (χ1) is 8.99. The van der Waals surface area contributed by atoms with Crippen LogP contribution >= 0.6 is 24.0 Å². The summed E-state index contributed by atoms with van der Waals surface area (Å²) >= 11 is 6.33. The van der Waals surface area contributed by atoms with Gasteiger partial charge in [0.2, 0.25) is 11.8 Å². The molecule has 0 aliphatic carbocycles. The van der Waals surface area contributed by atoms with Crippen molar-refractivity contribution in [2.75, 3.05) is 17.6 Å². The summed E-state index contributed by atoms with van der Waals surface area (Å²) in [7, 11) is 0. The molecule has 1 aromatic carbocycles. The van der Waals surface area contributed by atoms with Crippen LogP contribution in [0.4, 0.5) is 5.69 Å². The van der Waals surface area contributed by atoms with Gasteiger partial charge < -0.3 is 5.32 Å². The molecule has 19 heavy (non-hydrogen) atoms. The van der Waals surface area contributed by atoms with Crippen molar-refractivity contribution < 1.29 is 9.59 Å². The third kappa shape index (κ3) is 3.13. The zero-order chi connectivity index (χ0) is 14.0. The van der Waals surface area contributed by atoms with Crippen LogP contribution in [-0.4, -0.2) is 33.3 Å². The van der Waals surface area contributed by atoms with Gasteiger partial charge in [-0.25, -0.2) is 0 Å².